The summed E-state index contributed by atoms with van der Waals surface area (Å²) >= 11 is 0. The highest BCUT2D eigenvalue weighted by atomic mass is 16.5. The first-order chi connectivity index (χ1) is 7.58. The number of rotatable bonds is 4. The number of ether oxygens (including phenoxy) is 1. The fourth-order valence-corrected chi connectivity index (χ4v) is 1.21. The van der Waals surface area contributed by atoms with Crippen LogP contribution in [0.15, 0.2) is 6.07 Å². The van der Waals surface area contributed by atoms with Crippen LogP contribution in [0, 0.1) is 11.3 Å². The maximum absolute atomic E-state index is 8.63. The van der Waals surface area contributed by atoms with E-state index < -0.39 is 0 Å². The molecule has 6 nitrogen and oxygen atoms in total. The van der Waals surface area contributed by atoms with Crippen molar-refractivity contribution >= 4 is 11.8 Å². The Labute approximate surface area is 94.7 Å². The lowest BCUT2D eigenvalue weighted by Crippen LogP contribution is -2.29. The van der Waals surface area contributed by atoms with Crippen molar-refractivity contribution in [1.29, 1.82) is 5.26 Å². The Hall–Kier alpha value is -2.03. The minimum atomic E-state index is 0.0593. The molecule has 16 heavy (non-hydrogen) atoms. The minimum Gasteiger partial charge on any atom is -0.481 e. The number of hydrogen-bond acceptors (Lipinski definition) is 6. The number of aromatic nitrogens is 2. The number of nitrogens with zero attached hydrogens (tertiary/aromatic N) is 4. The van der Waals surface area contributed by atoms with Gasteiger partial charge in [-0.25, -0.2) is 0 Å². The lowest BCUT2D eigenvalue weighted by molar-refractivity contribution is 0.397. The van der Waals surface area contributed by atoms with Gasteiger partial charge in [-0.05, 0) is 6.92 Å². The molecule has 0 aromatic carbocycles. The summed E-state index contributed by atoms with van der Waals surface area (Å²) < 4.78 is 5.00. The Morgan fingerprint density at radius 1 is 1.62 bits per heavy atom. The van der Waals surface area contributed by atoms with E-state index in [1.165, 1.54) is 7.11 Å². The molecule has 1 atom stereocenters. The Kier molecular flexibility index (Phi) is 3.89. The summed E-state index contributed by atoms with van der Waals surface area (Å²) in [4.78, 5) is 9.85. The molecule has 0 bridgehead atoms. The normalized spacial score (nSPS) is 11.6. The summed E-state index contributed by atoms with van der Waals surface area (Å²) in [6, 6.07) is 3.86. The van der Waals surface area contributed by atoms with Gasteiger partial charge in [0.15, 0.2) is 0 Å². The molecule has 0 aliphatic rings. The molecule has 2 N–H and O–H groups in total. The lowest BCUT2D eigenvalue weighted by atomic mass is 10.2. The lowest BCUT2D eigenvalue weighted by Gasteiger charge is -2.24. The largest absolute Gasteiger partial charge is 0.481 e. The molecule has 0 aliphatic carbocycles. The van der Waals surface area contributed by atoms with Crippen molar-refractivity contribution in [1.82, 2.24) is 9.97 Å². The smallest absolute Gasteiger partial charge is 0.225 e. The van der Waals surface area contributed by atoms with Crippen LogP contribution in [0.5, 0.6) is 5.88 Å². The van der Waals surface area contributed by atoms with Crippen LogP contribution in [0.1, 0.15) is 13.3 Å². The van der Waals surface area contributed by atoms with Gasteiger partial charge in [0, 0.05) is 19.2 Å². The van der Waals surface area contributed by atoms with Crippen molar-refractivity contribution in [3.63, 3.8) is 0 Å². The Bertz CT molecular complexity index is 401. The topological polar surface area (TPSA) is 88.1 Å². The predicted octanol–water partition coefficient (Wildman–Crippen LogP) is 0.806. The zero-order valence-corrected chi connectivity index (χ0v) is 9.64. The first-order valence-corrected chi connectivity index (χ1v) is 4.86. The molecule has 0 aliphatic heterocycles. The molecule has 1 heterocycles. The monoisotopic (exact) mass is 221 g/mol. The second-order valence-corrected chi connectivity index (χ2v) is 3.45. The van der Waals surface area contributed by atoms with E-state index >= 15 is 0 Å². The van der Waals surface area contributed by atoms with Crippen LogP contribution in [0.3, 0.4) is 0 Å². The van der Waals surface area contributed by atoms with Gasteiger partial charge in [-0.1, -0.05) is 0 Å². The van der Waals surface area contributed by atoms with Crippen molar-refractivity contribution < 1.29 is 4.74 Å². The van der Waals surface area contributed by atoms with Gasteiger partial charge in [0.05, 0.1) is 19.6 Å². The molecule has 1 rings (SSSR count). The average Bonchev–Trinajstić information content (AvgIpc) is 2.27. The second kappa shape index (κ2) is 5.16. The first-order valence-electron chi connectivity index (χ1n) is 4.86. The van der Waals surface area contributed by atoms with Gasteiger partial charge in [-0.2, -0.15) is 15.2 Å². The SMILES string of the molecule is COc1cc(N(C)C(C)CC#N)nc(N)n1. The van der Waals surface area contributed by atoms with Crippen molar-refractivity contribution in [2.75, 3.05) is 24.8 Å². The van der Waals surface area contributed by atoms with Gasteiger partial charge in [0.25, 0.3) is 0 Å². The maximum Gasteiger partial charge on any atom is 0.225 e. The van der Waals surface area contributed by atoms with Crippen LogP contribution >= 0.6 is 0 Å². The molecule has 1 unspecified atom stereocenters. The maximum atomic E-state index is 8.63. The van der Waals surface area contributed by atoms with Gasteiger partial charge in [-0.15, -0.1) is 0 Å². The highest BCUT2D eigenvalue weighted by Gasteiger charge is 2.13. The van der Waals surface area contributed by atoms with Crippen LogP contribution < -0.4 is 15.4 Å². The van der Waals surface area contributed by atoms with Crippen LogP contribution in [-0.4, -0.2) is 30.2 Å². The third-order valence-corrected chi connectivity index (χ3v) is 2.32. The summed E-state index contributed by atoms with van der Waals surface area (Å²) in [5, 5.41) is 8.63. The van der Waals surface area contributed by atoms with Crippen molar-refractivity contribution in [2.24, 2.45) is 0 Å². The fraction of sp³-hybridized carbons (Fsp3) is 0.500. The predicted molar refractivity (Wildman–Crippen MR) is 61.1 cm³/mol. The van der Waals surface area contributed by atoms with Crippen LogP contribution in [0.2, 0.25) is 0 Å². The summed E-state index contributed by atoms with van der Waals surface area (Å²) in [5.74, 6) is 1.22. The van der Waals surface area contributed by atoms with Crippen molar-refractivity contribution in [2.45, 2.75) is 19.4 Å². The molecule has 0 saturated heterocycles. The van der Waals surface area contributed by atoms with Gasteiger partial charge in [0.1, 0.15) is 5.82 Å². The van der Waals surface area contributed by atoms with E-state index in [0.717, 1.165) is 0 Å². The van der Waals surface area contributed by atoms with E-state index in [1.54, 1.807) is 6.07 Å². The molecular weight excluding hydrogens is 206 g/mol. The van der Waals surface area contributed by atoms with E-state index in [4.69, 9.17) is 15.7 Å². The molecule has 0 saturated carbocycles. The van der Waals surface area contributed by atoms with E-state index in [2.05, 4.69) is 16.0 Å². The fourth-order valence-electron chi connectivity index (χ4n) is 1.21. The van der Waals surface area contributed by atoms with Gasteiger partial charge in [-0.3, -0.25) is 0 Å². The van der Waals surface area contributed by atoms with Crippen LogP contribution in [-0.2, 0) is 0 Å². The van der Waals surface area contributed by atoms with Crippen molar-refractivity contribution in [3.05, 3.63) is 6.07 Å². The van der Waals surface area contributed by atoms with Gasteiger partial charge < -0.3 is 15.4 Å². The van der Waals surface area contributed by atoms with Crippen LogP contribution in [0.25, 0.3) is 0 Å². The van der Waals surface area contributed by atoms with Crippen molar-refractivity contribution in [3.8, 4) is 11.9 Å². The number of nitrogens with two attached hydrogens (primary N) is 1. The second-order valence-electron chi connectivity index (χ2n) is 3.45. The quantitative estimate of drug-likeness (QED) is 0.809. The number of methoxy groups -OCH3 is 1. The zero-order valence-electron chi connectivity index (χ0n) is 9.64. The van der Waals surface area contributed by atoms with E-state index in [0.29, 0.717) is 18.1 Å². The summed E-state index contributed by atoms with van der Waals surface area (Å²) in [6.45, 7) is 1.94. The molecule has 0 radical (unpaired) electrons. The average molecular weight is 221 g/mol. The number of nitrogen functional groups attached to an aromatic ring is 1. The van der Waals surface area contributed by atoms with Gasteiger partial charge >= 0.3 is 0 Å². The highest BCUT2D eigenvalue weighted by Crippen LogP contribution is 2.19. The molecular formula is C10H15N5O. The number of hydrogen-bond donors (Lipinski definition) is 1. The molecule has 6 heteroatoms. The zero-order chi connectivity index (χ0) is 12.1. The standard InChI is InChI=1S/C10H15N5O/c1-7(4-5-11)15(2)8-6-9(16-3)14-10(12)13-8/h6-7H,4H2,1-3H3,(H2,12,13,14). The van der Waals surface area contributed by atoms with Gasteiger partial charge in [0.2, 0.25) is 11.8 Å². The minimum absolute atomic E-state index is 0.0593. The molecule has 0 spiro atoms. The summed E-state index contributed by atoms with van der Waals surface area (Å²) in [5.41, 5.74) is 5.55. The highest BCUT2D eigenvalue weighted by molar-refractivity contribution is 5.45. The summed E-state index contributed by atoms with van der Waals surface area (Å²) in [7, 11) is 3.37. The molecule has 86 valence electrons. The van der Waals surface area contributed by atoms with E-state index in [1.807, 2.05) is 18.9 Å². The first kappa shape index (κ1) is 12.0. The van der Waals surface area contributed by atoms with E-state index in [-0.39, 0.29) is 12.0 Å². The third-order valence-electron chi connectivity index (χ3n) is 2.32. The van der Waals surface area contributed by atoms with E-state index in [9.17, 15) is 0 Å². The Balaban J connectivity index is 2.95. The number of anilines is 2. The Morgan fingerprint density at radius 3 is 2.88 bits per heavy atom. The van der Waals surface area contributed by atoms with Crippen LogP contribution in [0.4, 0.5) is 11.8 Å². The molecule has 0 fully saturated rings. The summed E-state index contributed by atoms with van der Waals surface area (Å²) in [6.07, 6.45) is 0.419. The molecule has 1 aromatic heterocycles. The third kappa shape index (κ3) is 2.73. The molecule has 0 amide bonds. The molecule has 1 aromatic rings. The number of nitriles is 1. The Morgan fingerprint density at radius 2 is 2.31 bits per heavy atom.